The summed E-state index contributed by atoms with van der Waals surface area (Å²) in [6.07, 6.45) is 1.53. The van der Waals surface area contributed by atoms with Crippen LogP contribution in [0.4, 0.5) is 8.78 Å². The number of alkyl halides is 2. The zero-order valence-corrected chi connectivity index (χ0v) is 13.4. The van der Waals surface area contributed by atoms with E-state index in [0.29, 0.717) is 0 Å². The third-order valence-corrected chi connectivity index (χ3v) is 3.81. The van der Waals surface area contributed by atoms with Crippen LogP contribution in [0.1, 0.15) is 23.1 Å². The number of hydrogen-bond acceptors (Lipinski definition) is 3. The lowest BCUT2D eigenvalue weighted by atomic mass is 10.1. The van der Waals surface area contributed by atoms with E-state index in [1.165, 1.54) is 12.1 Å². The molecule has 5 heteroatoms. The molecule has 0 fully saturated rings. The van der Waals surface area contributed by atoms with Gasteiger partial charge in [0.15, 0.2) is 11.5 Å². The van der Waals surface area contributed by atoms with Gasteiger partial charge in [0.2, 0.25) is 6.79 Å². The molecule has 0 saturated heterocycles. The van der Waals surface area contributed by atoms with Gasteiger partial charge in [-0.05, 0) is 30.3 Å². The van der Waals surface area contributed by atoms with Crippen molar-refractivity contribution in [3.05, 3.63) is 65.2 Å². The first kappa shape index (κ1) is 16.5. The van der Waals surface area contributed by atoms with Crippen LogP contribution in [0.15, 0.2) is 48.5 Å². The average Bonchev–Trinajstić information content (AvgIpc) is 3.03. The van der Waals surface area contributed by atoms with Crippen LogP contribution < -0.4 is 9.47 Å². The van der Waals surface area contributed by atoms with Crippen molar-refractivity contribution in [3.63, 3.8) is 0 Å². The summed E-state index contributed by atoms with van der Waals surface area (Å²) in [5.74, 6) is 1.57. The van der Waals surface area contributed by atoms with Crippen molar-refractivity contribution in [1.82, 2.24) is 4.90 Å². The van der Waals surface area contributed by atoms with E-state index in [1.54, 1.807) is 12.1 Å². The van der Waals surface area contributed by atoms with Crippen molar-refractivity contribution in [2.75, 3.05) is 20.4 Å². The first-order valence-electron chi connectivity index (χ1n) is 7.73. The fourth-order valence-electron chi connectivity index (χ4n) is 2.54. The number of nitrogens with zero attached hydrogens (tertiary/aromatic N) is 1. The lowest BCUT2D eigenvalue weighted by Gasteiger charge is -2.14. The van der Waals surface area contributed by atoms with Crippen LogP contribution in [-0.4, -0.2) is 25.3 Å². The Hall–Kier alpha value is -2.40. The van der Waals surface area contributed by atoms with Gasteiger partial charge in [-0.3, -0.25) is 4.90 Å². The number of benzene rings is 2. The summed E-state index contributed by atoms with van der Waals surface area (Å²) in [5.41, 5.74) is 2.11. The highest BCUT2D eigenvalue weighted by Crippen LogP contribution is 2.32. The number of likely N-dealkylation sites (N-methyl/N-ethyl adjacent to an activating group) is 1. The fourth-order valence-corrected chi connectivity index (χ4v) is 2.54. The molecule has 3 rings (SSSR count). The van der Waals surface area contributed by atoms with Gasteiger partial charge < -0.3 is 9.47 Å². The molecule has 1 heterocycles. The first-order chi connectivity index (χ1) is 11.6. The van der Waals surface area contributed by atoms with Crippen LogP contribution in [0.2, 0.25) is 0 Å². The SMILES string of the molecule is CN(C/C=C/c1ccc(C(F)F)cc1)Cc1ccc2c(c1)OCO2. The highest BCUT2D eigenvalue weighted by Gasteiger charge is 2.13. The minimum Gasteiger partial charge on any atom is -0.454 e. The zero-order chi connectivity index (χ0) is 16.9. The monoisotopic (exact) mass is 331 g/mol. The smallest absolute Gasteiger partial charge is 0.263 e. The van der Waals surface area contributed by atoms with Gasteiger partial charge in [-0.2, -0.15) is 0 Å². The Kier molecular flexibility index (Phi) is 5.11. The molecule has 3 nitrogen and oxygen atoms in total. The molecule has 0 amide bonds. The molecule has 0 saturated carbocycles. The Morgan fingerprint density at radius 1 is 1.08 bits per heavy atom. The standard InChI is InChI=1S/C19H19F2NO2/c1-22(12-15-6-9-17-18(11-15)24-13-23-17)10-2-3-14-4-7-16(8-5-14)19(20)21/h2-9,11,19H,10,12-13H2,1H3/b3-2+. The molecule has 0 bridgehead atoms. The van der Waals surface area contributed by atoms with Gasteiger partial charge >= 0.3 is 0 Å². The van der Waals surface area contributed by atoms with Gasteiger partial charge in [-0.1, -0.05) is 42.5 Å². The molecule has 1 aliphatic rings. The summed E-state index contributed by atoms with van der Waals surface area (Å²) in [6.45, 7) is 1.82. The van der Waals surface area contributed by atoms with E-state index < -0.39 is 6.43 Å². The van der Waals surface area contributed by atoms with Crippen LogP contribution in [0.5, 0.6) is 11.5 Å². The Morgan fingerprint density at radius 2 is 1.83 bits per heavy atom. The molecular weight excluding hydrogens is 312 g/mol. The highest BCUT2D eigenvalue weighted by atomic mass is 19.3. The van der Waals surface area contributed by atoms with Gasteiger partial charge in [0.05, 0.1) is 0 Å². The van der Waals surface area contributed by atoms with Crippen molar-refractivity contribution < 1.29 is 18.3 Å². The molecule has 0 N–H and O–H groups in total. The molecule has 24 heavy (non-hydrogen) atoms. The third kappa shape index (κ3) is 4.11. The minimum absolute atomic E-state index is 0.0482. The van der Waals surface area contributed by atoms with E-state index in [0.717, 1.165) is 35.7 Å². The van der Waals surface area contributed by atoms with E-state index in [9.17, 15) is 8.78 Å². The summed E-state index contributed by atoms with van der Waals surface area (Å²) in [6, 6.07) is 12.3. The summed E-state index contributed by atoms with van der Waals surface area (Å²) in [4.78, 5) is 2.15. The summed E-state index contributed by atoms with van der Waals surface area (Å²) in [5, 5.41) is 0. The molecule has 0 atom stereocenters. The van der Waals surface area contributed by atoms with E-state index >= 15 is 0 Å². The van der Waals surface area contributed by atoms with Crippen LogP contribution in [0.25, 0.3) is 6.08 Å². The van der Waals surface area contributed by atoms with E-state index in [-0.39, 0.29) is 12.4 Å². The molecule has 0 unspecified atom stereocenters. The topological polar surface area (TPSA) is 21.7 Å². The maximum Gasteiger partial charge on any atom is 0.263 e. The van der Waals surface area contributed by atoms with E-state index in [2.05, 4.69) is 4.90 Å². The van der Waals surface area contributed by atoms with Crippen molar-refractivity contribution in [3.8, 4) is 11.5 Å². The molecule has 0 spiro atoms. The molecular formula is C19H19F2NO2. The molecule has 126 valence electrons. The highest BCUT2D eigenvalue weighted by molar-refractivity contribution is 5.50. The lowest BCUT2D eigenvalue weighted by molar-refractivity contribution is 0.151. The maximum atomic E-state index is 12.5. The van der Waals surface area contributed by atoms with E-state index in [1.807, 2.05) is 37.4 Å². The number of halogens is 2. The predicted octanol–water partition coefficient (Wildman–Crippen LogP) is 4.50. The number of fused-ring (bicyclic) bond motifs is 1. The summed E-state index contributed by atoms with van der Waals surface area (Å²) in [7, 11) is 2.02. The van der Waals surface area contributed by atoms with Gasteiger partial charge in [0.25, 0.3) is 6.43 Å². The third-order valence-electron chi connectivity index (χ3n) is 3.81. The average molecular weight is 331 g/mol. The zero-order valence-electron chi connectivity index (χ0n) is 13.4. The molecule has 0 aromatic heterocycles. The molecule has 0 aliphatic carbocycles. The Bertz CT molecular complexity index is 714. The van der Waals surface area contributed by atoms with Gasteiger partial charge in [0.1, 0.15) is 0 Å². The molecule has 1 aliphatic heterocycles. The van der Waals surface area contributed by atoms with Crippen LogP contribution in [0, 0.1) is 0 Å². The van der Waals surface area contributed by atoms with Crippen LogP contribution in [0.3, 0.4) is 0 Å². The second kappa shape index (κ2) is 7.45. The minimum atomic E-state index is -2.42. The quantitative estimate of drug-likeness (QED) is 0.778. The second-order valence-electron chi connectivity index (χ2n) is 5.75. The predicted molar refractivity (Wildman–Crippen MR) is 89.3 cm³/mol. The van der Waals surface area contributed by atoms with Gasteiger partial charge in [-0.25, -0.2) is 8.78 Å². The Morgan fingerprint density at radius 3 is 2.58 bits per heavy atom. The molecule has 0 radical (unpaired) electrons. The van der Waals surface area contributed by atoms with Crippen molar-refractivity contribution in [1.29, 1.82) is 0 Å². The normalized spacial score (nSPS) is 13.4. The number of hydrogen-bond donors (Lipinski definition) is 0. The Balaban J connectivity index is 1.52. The van der Waals surface area contributed by atoms with Gasteiger partial charge in [-0.15, -0.1) is 0 Å². The van der Waals surface area contributed by atoms with Gasteiger partial charge in [0, 0.05) is 18.7 Å². The van der Waals surface area contributed by atoms with Crippen molar-refractivity contribution in [2.24, 2.45) is 0 Å². The molecule has 2 aromatic rings. The molecule has 2 aromatic carbocycles. The number of rotatable bonds is 6. The Labute approximate surface area is 140 Å². The van der Waals surface area contributed by atoms with Crippen molar-refractivity contribution in [2.45, 2.75) is 13.0 Å². The van der Waals surface area contributed by atoms with Crippen molar-refractivity contribution >= 4 is 6.08 Å². The lowest BCUT2D eigenvalue weighted by Crippen LogP contribution is -2.17. The van der Waals surface area contributed by atoms with Crippen LogP contribution in [-0.2, 0) is 6.54 Å². The fraction of sp³-hybridized carbons (Fsp3) is 0.263. The maximum absolute atomic E-state index is 12.5. The number of ether oxygens (including phenoxy) is 2. The van der Waals surface area contributed by atoms with E-state index in [4.69, 9.17) is 9.47 Å². The van der Waals surface area contributed by atoms with Crippen LogP contribution >= 0.6 is 0 Å². The first-order valence-corrected chi connectivity index (χ1v) is 7.73. The summed E-state index contributed by atoms with van der Waals surface area (Å²) >= 11 is 0. The second-order valence-corrected chi connectivity index (χ2v) is 5.75. The summed E-state index contributed by atoms with van der Waals surface area (Å²) < 4.78 is 35.7. The largest absolute Gasteiger partial charge is 0.454 e.